The third-order valence-corrected chi connectivity index (χ3v) is 1.49. The molecule has 2 nitrogen and oxygen atoms in total. The molecule has 0 radical (unpaired) electrons. The minimum absolute atomic E-state index is 0. The van der Waals surface area contributed by atoms with Crippen LogP contribution in [-0.2, 0) is 4.79 Å². The van der Waals surface area contributed by atoms with Crippen LogP contribution in [0.2, 0.25) is 0 Å². The third kappa shape index (κ3) is 16.2. The fourth-order valence-electron chi connectivity index (χ4n) is 0.880. The van der Waals surface area contributed by atoms with Gasteiger partial charge in [0.2, 0.25) is 0 Å². The number of rotatable bonds is 6. The van der Waals surface area contributed by atoms with Crippen LogP contribution < -0.4 is 9.41 Å². The molecule has 0 aromatic heterocycles. The summed E-state index contributed by atoms with van der Waals surface area (Å²) in [5.74, 6) is -0.670. The minimum atomic E-state index is -0.670. The monoisotopic (exact) mass is 182 g/mol. The third-order valence-electron chi connectivity index (χ3n) is 1.49. The maximum absolute atomic E-state index is 10.0. The first kappa shape index (κ1) is 17.4. The number of halogens is 2. The van der Waals surface area contributed by atoms with Gasteiger partial charge in [0, 0.05) is 6.42 Å². The van der Waals surface area contributed by atoms with Crippen molar-refractivity contribution in [2.75, 3.05) is 0 Å². The quantitative estimate of drug-likeness (QED) is 0.432. The molecule has 0 saturated heterocycles. The van der Waals surface area contributed by atoms with Gasteiger partial charge in [-0.2, -0.15) is 0 Å². The Morgan fingerprint density at radius 2 is 1.58 bits per heavy atom. The first-order chi connectivity index (χ1) is 4.77. The van der Waals surface area contributed by atoms with E-state index in [1.54, 1.807) is 0 Å². The highest BCUT2D eigenvalue weighted by Gasteiger charge is 1.94. The molecule has 0 spiro atoms. The van der Waals surface area contributed by atoms with Crippen molar-refractivity contribution in [1.29, 1.82) is 0 Å². The molecule has 1 N–H and O–H groups in total. The van der Waals surface area contributed by atoms with Crippen LogP contribution in [0.15, 0.2) is 0 Å². The number of hydrogen-bond acceptors (Lipinski definition) is 1. The van der Waals surface area contributed by atoms with Gasteiger partial charge >= 0.3 is 5.97 Å². The first-order valence-electron chi connectivity index (χ1n) is 3.99. The summed E-state index contributed by atoms with van der Waals surface area (Å²) in [6.45, 7) is 2.15. The van der Waals surface area contributed by atoms with Crippen LogP contribution in [0.3, 0.4) is 0 Å². The predicted molar refractivity (Wildman–Crippen MR) is 41.0 cm³/mol. The highest BCUT2D eigenvalue weighted by molar-refractivity contribution is 5.66. The standard InChI is InChI=1S/C8H16O2.2FH/c1-2-3-4-5-6-7-8(9)10;;/h2-7H2,1H3,(H,9,10);2*1H/p-2. The molecule has 76 valence electrons. The van der Waals surface area contributed by atoms with E-state index in [1.807, 2.05) is 0 Å². The van der Waals surface area contributed by atoms with E-state index in [2.05, 4.69) is 6.92 Å². The summed E-state index contributed by atoms with van der Waals surface area (Å²) in [4.78, 5) is 10.0. The molecule has 0 fully saturated rings. The lowest BCUT2D eigenvalue weighted by Crippen LogP contribution is -3.00. The van der Waals surface area contributed by atoms with E-state index in [1.165, 1.54) is 19.3 Å². The molecule has 0 aromatic carbocycles. The van der Waals surface area contributed by atoms with E-state index in [-0.39, 0.29) is 9.41 Å². The molecule has 0 aliphatic heterocycles. The summed E-state index contributed by atoms with van der Waals surface area (Å²) >= 11 is 0. The molecule has 4 heteroatoms. The fourth-order valence-corrected chi connectivity index (χ4v) is 0.880. The second-order valence-corrected chi connectivity index (χ2v) is 2.56. The van der Waals surface area contributed by atoms with Crippen LogP contribution in [0, 0.1) is 0 Å². The van der Waals surface area contributed by atoms with Crippen molar-refractivity contribution in [3.8, 4) is 0 Å². The molecule has 0 atom stereocenters. The molecule has 0 aliphatic carbocycles. The van der Waals surface area contributed by atoms with Gasteiger partial charge in [0.1, 0.15) is 0 Å². The van der Waals surface area contributed by atoms with Crippen LogP contribution in [0.25, 0.3) is 0 Å². The topological polar surface area (TPSA) is 37.3 Å². The van der Waals surface area contributed by atoms with Crippen molar-refractivity contribution in [2.45, 2.75) is 45.4 Å². The zero-order chi connectivity index (χ0) is 7.82. The number of carboxylic acid groups (broad SMARTS) is 1. The number of aliphatic carboxylic acids is 1. The predicted octanol–water partition coefficient (Wildman–Crippen LogP) is -3.56. The molecule has 0 rings (SSSR count). The SMILES string of the molecule is CCCCCCCC(=O)O.[F-].[F-]. The average molecular weight is 182 g/mol. The summed E-state index contributed by atoms with van der Waals surface area (Å²) in [5.41, 5.74) is 0. The number of carboxylic acids is 1. The Balaban J connectivity index is -0.000000405. The fraction of sp³-hybridized carbons (Fsp3) is 0.875. The Morgan fingerprint density at radius 3 is 2.00 bits per heavy atom. The zero-order valence-electron chi connectivity index (χ0n) is 7.35. The highest BCUT2D eigenvalue weighted by Crippen LogP contribution is 2.04. The van der Waals surface area contributed by atoms with Gasteiger partial charge in [0.25, 0.3) is 0 Å². The molecule has 0 aliphatic rings. The van der Waals surface area contributed by atoms with Crippen molar-refractivity contribution < 1.29 is 19.3 Å². The van der Waals surface area contributed by atoms with Crippen LogP contribution in [0.4, 0.5) is 0 Å². The van der Waals surface area contributed by atoms with Crippen LogP contribution >= 0.6 is 0 Å². The van der Waals surface area contributed by atoms with Crippen molar-refractivity contribution >= 4 is 5.97 Å². The molecule has 0 unspecified atom stereocenters. The lowest BCUT2D eigenvalue weighted by atomic mass is 10.1. The van der Waals surface area contributed by atoms with Crippen LogP contribution in [-0.4, -0.2) is 11.1 Å². The van der Waals surface area contributed by atoms with Gasteiger partial charge in [-0.05, 0) is 6.42 Å². The Bertz CT molecular complexity index is 97.1. The van der Waals surface area contributed by atoms with E-state index in [4.69, 9.17) is 5.11 Å². The zero-order valence-corrected chi connectivity index (χ0v) is 7.35. The van der Waals surface area contributed by atoms with E-state index in [9.17, 15) is 4.79 Å². The van der Waals surface area contributed by atoms with Crippen molar-refractivity contribution in [2.24, 2.45) is 0 Å². The van der Waals surface area contributed by atoms with E-state index >= 15 is 0 Å². The van der Waals surface area contributed by atoms with Gasteiger partial charge in [-0.3, -0.25) is 4.79 Å². The first-order valence-corrected chi connectivity index (χ1v) is 3.99. The molecular weight excluding hydrogens is 166 g/mol. The number of unbranched alkanes of at least 4 members (excludes halogenated alkanes) is 4. The minimum Gasteiger partial charge on any atom is -1.00 e. The van der Waals surface area contributed by atoms with Gasteiger partial charge < -0.3 is 14.5 Å². The Hall–Kier alpha value is -0.670. The molecule has 0 heterocycles. The van der Waals surface area contributed by atoms with Crippen molar-refractivity contribution in [3.05, 3.63) is 0 Å². The summed E-state index contributed by atoms with van der Waals surface area (Å²) in [6, 6.07) is 0. The molecule has 0 saturated carbocycles. The average Bonchev–Trinajstić information content (AvgIpc) is 1.87. The molecule has 0 amide bonds. The summed E-state index contributed by atoms with van der Waals surface area (Å²) in [7, 11) is 0. The van der Waals surface area contributed by atoms with E-state index < -0.39 is 5.97 Å². The highest BCUT2D eigenvalue weighted by atomic mass is 19.0. The Labute approximate surface area is 71.7 Å². The Morgan fingerprint density at radius 1 is 1.08 bits per heavy atom. The largest absolute Gasteiger partial charge is 1.00 e. The van der Waals surface area contributed by atoms with Crippen molar-refractivity contribution in [3.63, 3.8) is 0 Å². The summed E-state index contributed by atoms with van der Waals surface area (Å²) in [6.07, 6.45) is 5.88. The second-order valence-electron chi connectivity index (χ2n) is 2.56. The molecule has 0 bridgehead atoms. The molecule has 12 heavy (non-hydrogen) atoms. The van der Waals surface area contributed by atoms with Gasteiger partial charge in [0.05, 0.1) is 0 Å². The van der Waals surface area contributed by atoms with Gasteiger partial charge in [-0.1, -0.05) is 32.6 Å². The lowest BCUT2D eigenvalue weighted by Gasteiger charge is -1.95. The normalized spacial score (nSPS) is 8.08. The smallest absolute Gasteiger partial charge is 0.303 e. The molecule has 0 aromatic rings. The van der Waals surface area contributed by atoms with Crippen LogP contribution in [0.1, 0.15) is 45.4 Å². The maximum Gasteiger partial charge on any atom is 0.303 e. The van der Waals surface area contributed by atoms with E-state index in [0.29, 0.717) is 6.42 Å². The van der Waals surface area contributed by atoms with Gasteiger partial charge in [-0.15, -0.1) is 0 Å². The maximum atomic E-state index is 10.0. The number of hydrogen-bond donors (Lipinski definition) is 1. The number of carbonyl (C=O) groups is 1. The Kier molecular flexibility index (Phi) is 18.8. The summed E-state index contributed by atoms with van der Waals surface area (Å²) < 4.78 is 0. The lowest BCUT2D eigenvalue weighted by molar-refractivity contribution is -0.137. The summed E-state index contributed by atoms with van der Waals surface area (Å²) in [5, 5.41) is 8.27. The van der Waals surface area contributed by atoms with Crippen LogP contribution in [0.5, 0.6) is 0 Å². The van der Waals surface area contributed by atoms with Crippen molar-refractivity contribution in [1.82, 2.24) is 0 Å². The van der Waals surface area contributed by atoms with Gasteiger partial charge in [0.15, 0.2) is 0 Å². The second kappa shape index (κ2) is 13.0. The molecular formula is C8H16F2O2-2. The van der Waals surface area contributed by atoms with E-state index in [0.717, 1.165) is 12.8 Å². The van der Waals surface area contributed by atoms with Gasteiger partial charge in [-0.25, -0.2) is 0 Å².